The lowest BCUT2D eigenvalue weighted by Crippen LogP contribution is -2.62. The van der Waals surface area contributed by atoms with E-state index in [1.807, 2.05) is 0 Å². The lowest BCUT2D eigenvalue weighted by atomic mass is 9.79. The molecule has 3 saturated heterocycles. The van der Waals surface area contributed by atoms with E-state index in [4.69, 9.17) is 9.15 Å². The molecule has 2 aromatic rings. The van der Waals surface area contributed by atoms with Crippen molar-refractivity contribution in [3.05, 3.63) is 41.9 Å². The van der Waals surface area contributed by atoms with Crippen molar-refractivity contribution in [2.75, 3.05) is 20.2 Å². The summed E-state index contributed by atoms with van der Waals surface area (Å²) in [5.41, 5.74) is 0.277. The minimum absolute atomic E-state index is 0.132. The maximum Gasteiger partial charge on any atom is 0.287 e. The van der Waals surface area contributed by atoms with E-state index in [1.54, 1.807) is 30.3 Å². The van der Waals surface area contributed by atoms with Crippen LogP contribution in [-0.4, -0.2) is 43.1 Å². The zero-order valence-electron chi connectivity index (χ0n) is 15.0. The Hall–Kier alpha value is -2.34. The fourth-order valence-corrected chi connectivity index (χ4v) is 4.23. The molecule has 0 saturated carbocycles. The van der Waals surface area contributed by atoms with Crippen molar-refractivity contribution in [2.24, 2.45) is 5.92 Å². The van der Waals surface area contributed by atoms with Crippen LogP contribution in [0.25, 0.3) is 11.3 Å². The van der Waals surface area contributed by atoms with Crippen molar-refractivity contribution in [2.45, 2.75) is 31.8 Å². The highest BCUT2D eigenvalue weighted by atomic mass is 19.1. The third kappa shape index (κ3) is 2.88. The predicted molar refractivity (Wildman–Crippen MR) is 95.7 cm³/mol. The van der Waals surface area contributed by atoms with Gasteiger partial charge in [0.1, 0.15) is 5.76 Å². The molecule has 1 aromatic heterocycles. The summed E-state index contributed by atoms with van der Waals surface area (Å²) in [5, 5.41) is 3.13. The first kappa shape index (κ1) is 17.1. The molecule has 0 aliphatic carbocycles. The molecule has 2 bridgehead atoms. The Morgan fingerprint density at radius 3 is 2.73 bits per heavy atom. The van der Waals surface area contributed by atoms with Crippen LogP contribution in [0.1, 0.15) is 30.3 Å². The number of benzene rings is 1. The van der Waals surface area contributed by atoms with Gasteiger partial charge < -0.3 is 14.5 Å². The molecule has 0 unspecified atom stereocenters. The Bertz CT molecular complexity index is 809. The number of carbonyl (C=O) groups excluding carboxylic acids is 1. The van der Waals surface area contributed by atoms with Crippen LogP contribution in [0.2, 0.25) is 0 Å². The molecule has 26 heavy (non-hydrogen) atoms. The normalized spacial score (nSPS) is 27.3. The van der Waals surface area contributed by atoms with Crippen LogP contribution in [0.5, 0.6) is 5.75 Å². The van der Waals surface area contributed by atoms with E-state index >= 15 is 0 Å². The van der Waals surface area contributed by atoms with Gasteiger partial charge in [-0.2, -0.15) is 0 Å². The first-order valence-electron chi connectivity index (χ1n) is 9.06. The largest absolute Gasteiger partial charge is 0.494 e. The molecule has 5 rings (SSSR count). The molecular weight excluding hydrogens is 335 g/mol. The quantitative estimate of drug-likeness (QED) is 0.911. The van der Waals surface area contributed by atoms with E-state index in [2.05, 4.69) is 17.1 Å². The summed E-state index contributed by atoms with van der Waals surface area (Å²) in [7, 11) is 1.41. The molecule has 2 atom stereocenters. The number of methoxy groups -OCH3 is 1. The Kier molecular flexibility index (Phi) is 4.44. The molecule has 1 amide bonds. The molecule has 3 fully saturated rings. The predicted octanol–water partition coefficient (Wildman–Crippen LogP) is 3.31. The molecule has 138 valence electrons. The second-order valence-corrected chi connectivity index (χ2v) is 7.10. The number of piperidine rings is 3. The van der Waals surface area contributed by atoms with Gasteiger partial charge in [-0.15, -0.1) is 0 Å². The van der Waals surface area contributed by atoms with E-state index in [9.17, 15) is 9.18 Å². The lowest BCUT2D eigenvalue weighted by Gasteiger charge is -2.49. The molecule has 1 N–H and O–H groups in total. The highest BCUT2D eigenvalue weighted by molar-refractivity contribution is 5.92. The minimum Gasteiger partial charge on any atom is -0.494 e. The van der Waals surface area contributed by atoms with Gasteiger partial charge in [0.15, 0.2) is 17.3 Å². The number of rotatable bonds is 4. The Morgan fingerprint density at radius 2 is 2.04 bits per heavy atom. The van der Waals surface area contributed by atoms with Crippen LogP contribution in [0.3, 0.4) is 0 Å². The van der Waals surface area contributed by atoms with Crippen LogP contribution in [-0.2, 0) is 0 Å². The number of hydrogen-bond acceptors (Lipinski definition) is 4. The van der Waals surface area contributed by atoms with Crippen LogP contribution in [0.4, 0.5) is 4.39 Å². The van der Waals surface area contributed by atoms with Gasteiger partial charge in [0.25, 0.3) is 5.91 Å². The zero-order chi connectivity index (χ0) is 18.3. The van der Waals surface area contributed by atoms with E-state index in [0.717, 1.165) is 25.9 Å². The van der Waals surface area contributed by atoms with Gasteiger partial charge in [-0.05, 0) is 63.0 Å². The summed E-state index contributed by atoms with van der Waals surface area (Å²) in [6, 6.07) is 8.51. The van der Waals surface area contributed by atoms with Gasteiger partial charge >= 0.3 is 0 Å². The first-order chi connectivity index (χ1) is 12.6. The van der Waals surface area contributed by atoms with Gasteiger partial charge in [-0.1, -0.05) is 6.07 Å². The summed E-state index contributed by atoms with van der Waals surface area (Å²) >= 11 is 0. The van der Waals surface area contributed by atoms with Crippen molar-refractivity contribution in [3.8, 4) is 17.1 Å². The fraction of sp³-hybridized carbons (Fsp3) is 0.450. The van der Waals surface area contributed by atoms with Crippen molar-refractivity contribution in [1.82, 2.24) is 10.2 Å². The highest BCUT2D eigenvalue weighted by Crippen LogP contribution is 2.33. The number of ether oxygens (including phenoxy) is 1. The van der Waals surface area contributed by atoms with Crippen molar-refractivity contribution >= 4 is 5.91 Å². The first-order valence-corrected chi connectivity index (χ1v) is 9.06. The average molecular weight is 358 g/mol. The van der Waals surface area contributed by atoms with E-state index in [1.165, 1.54) is 7.11 Å². The molecule has 3 aliphatic rings. The smallest absolute Gasteiger partial charge is 0.287 e. The van der Waals surface area contributed by atoms with E-state index in [-0.39, 0.29) is 29.0 Å². The summed E-state index contributed by atoms with van der Waals surface area (Å²) < 4.78 is 25.1. The van der Waals surface area contributed by atoms with Crippen molar-refractivity contribution in [3.63, 3.8) is 0 Å². The number of fused-ring (bicyclic) bond motifs is 3. The zero-order valence-corrected chi connectivity index (χ0v) is 15.0. The molecule has 0 spiro atoms. The van der Waals surface area contributed by atoms with Gasteiger partial charge in [0.2, 0.25) is 0 Å². The second-order valence-electron chi connectivity index (χ2n) is 7.10. The summed E-state index contributed by atoms with van der Waals surface area (Å²) in [6.07, 6.45) is 2.24. The minimum atomic E-state index is -0.498. The monoisotopic (exact) mass is 358 g/mol. The number of furan rings is 1. The standard InChI is InChI=1S/C20H23FN2O3/c1-12-19(13-8-10-23(12)11-9-13)22-20(24)17-7-6-15(26-17)14-4-3-5-16(25-2)18(14)21/h3-7,12-13,19H,8-11H2,1-2H3,(H,22,24)/t12-,19-/m0/s1. The lowest BCUT2D eigenvalue weighted by molar-refractivity contribution is 0.0211. The van der Waals surface area contributed by atoms with Gasteiger partial charge in [0.05, 0.1) is 12.7 Å². The molecule has 0 radical (unpaired) electrons. The SMILES string of the molecule is COc1cccc(-c2ccc(C(=O)N[C@@H]3C4CCN(CC4)[C@H]3C)o2)c1F. The summed E-state index contributed by atoms with van der Waals surface area (Å²) in [4.78, 5) is 15.1. The van der Waals surface area contributed by atoms with Crippen LogP contribution < -0.4 is 10.1 Å². The van der Waals surface area contributed by atoms with Crippen LogP contribution in [0, 0.1) is 11.7 Å². The molecule has 1 aromatic carbocycles. The molecular formula is C20H23FN2O3. The van der Waals surface area contributed by atoms with Crippen molar-refractivity contribution in [1.29, 1.82) is 0 Å². The van der Waals surface area contributed by atoms with Gasteiger partial charge in [-0.25, -0.2) is 4.39 Å². The fourth-order valence-electron chi connectivity index (χ4n) is 4.23. The van der Waals surface area contributed by atoms with Gasteiger partial charge in [-0.3, -0.25) is 9.69 Å². The van der Waals surface area contributed by atoms with E-state index < -0.39 is 5.82 Å². The third-order valence-electron chi connectivity index (χ3n) is 5.75. The third-order valence-corrected chi connectivity index (χ3v) is 5.75. The maximum atomic E-state index is 14.4. The highest BCUT2D eigenvalue weighted by Gasteiger charge is 2.40. The van der Waals surface area contributed by atoms with Crippen LogP contribution in [0.15, 0.2) is 34.7 Å². The Balaban J connectivity index is 1.52. The van der Waals surface area contributed by atoms with E-state index in [0.29, 0.717) is 17.7 Å². The Morgan fingerprint density at radius 1 is 1.27 bits per heavy atom. The maximum absolute atomic E-state index is 14.4. The second kappa shape index (κ2) is 6.76. The average Bonchev–Trinajstić information content (AvgIpc) is 3.15. The number of carbonyl (C=O) groups is 1. The number of halogens is 1. The molecule has 5 nitrogen and oxygen atoms in total. The number of hydrogen-bond donors (Lipinski definition) is 1. The molecule has 6 heteroatoms. The summed E-state index contributed by atoms with van der Waals surface area (Å²) in [5.74, 6) is 0.432. The number of amides is 1. The van der Waals surface area contributed by atoms with Crippen molar-refractivity contribution < 1.29 is 18.3 Å². The topological polar surface area (TPSA) is 54.7 Å². The van der Waals surface area contributed by atoms with Crippen LogP contribution >= 0.6 is 0 Å². The number of nitrogens with zero attached hydrogens (tertiary/aromatic N) is 1. The van der Waals surface area contributed by atoms with Gasteiger partial charge in [0, 0.05) is 12.1 Å². The summed E-state index contributed by atoms with van der Waals surface area (Å²) in [6.45, 7) is 4.38. The molecule has 3 aliphatic heterocycles. The Labute approximate surface area is 152 Å². The number of nitrogens with one attached hydrogen (secondary N) is 1. The molecule has 4 heterocycles.